The molecule has 0 spiro atoms. The molecule has 3 aromatic rings. The van der Waals surface area contributed by atoms with Crippen molar-refractivity contribution in [3.05, 3.63) is 71.8 Å². The molecule has 0 radical (unpaired) electrons. The summed E-state index contributed by atoms with van der Waals surface area (Å²) >= 11 is 0. The van der Waals surface area contributed by atoms with Gasteiger partial charge in [-0.05, 0) is 47.9 Å². The summed E-state index contributed by atoms with van der Waals surface area (Å²) < 4.78 is 5.21. The van der Waals surface area contributed by atoms with Crippen LogP contribution < -0.4 is 4.74 Å². The average Bonchev–Trinajstić information content (AvgIpc) is 2.74. The number of likely N-dealkylation sites (tertiary alicyclic amines) is 1. The zero-order chi connectivity index (χ0) is 19.5. The maximum atomic E-state index is 13.3. The minimum absolute atomic E-state index is 0.0126. The zero-order valence-electron chi connectivity index (χ0n) is 16.1. The molecule has 0 aromatic heterocycles. The second kappa shape index (κ2) is 8.03. The lowest BCUT2D eigenvalue weighted by Crippen LogP contribution is -2.38. The van der Waals surface area contributed by atoms with Crippen molar-refractivity contribution < 1.29 is 14.6 Å². The lowest BCUT2D eigenvalue weighted by Gasteiger charge is -2.32. The number of carbonyl (C=O) groups excluding carboxylic acids is 1. The van der Waals surface area contributed by atoms with Crippen LogP contribution in [0.4, 0.5) is 0 Å². The van der Waals surface area contributed by atoms with Crippen LogP contribution in [-0.2, 0) is 6.54 Å². The number of aromatic hydroxyl groups is 1. The monoisotopic (exact) mass is 375 g/mol. The Kier molecular flexibility index (Phi) is 5.31. The minimum atomic E-state index is 0.0126. The van der Waals surface area contributed by atoms with Gasteiger partial charge in [0.1, 0.15) is 0 Å². The molecule has 28 heavy (non-hydrogen) atoms. The van der Waals surface area contributed by atoms with E-state index in [9.17, 15) is 9.90 Å². The second-order valence-electron chi connectivity index (χ2n) is 7.47. The minimum Gasteiger partial charge on any atom is -0.504 e. The van der Waals surface area contributed by atoms with Gasteiger partial charge >= 0.3 is 0 Å². The predicted molar refractivity (Wildman–Crippen MR) is 111 cm³/mol. The first kappa shape index (κ1) is 18.5. The van der Waals surface area contributed by atoms with Crippen molar-refractivity contribution in [3.63, 3.8) is 0 Å². The lowest BCUT2D eigenvalue weighted by molar-refractivity contribution is 0.0813. The molecule has 4 rings (SSSR count). The van der Waals surface area contributed by atoms with E-state index in [1.807, 2.05) is 42.5 Å². The van der Waals surface area contributed by atoms with Gasteiger partial charge in [-0.25, -0.2) is 0 Å². The van der Waals surface area contributed by atoms with Crippen molar-refractivity contribution in [1.82, 2.24) is 4.90 Å². The molecule has 1 atom stereocenters. The van der Waals surface area contributed by atoms with Gasteiger partial charge in [0.05, 0.1) is 7.11 Å². The highest BCUT2D eigenvalue weighted by atomic mass is 16.5. The third-order valence-electron chi connectivity index (χ3n) is 5.58. The molecule has 0 unspecified atom stereocenters. The van der Waals surface area contributed by atoms with Crippen LogP contribution in [0.2, 0.25) is 0 Å². The third-order valence-corrected chi connectivity index (χ3v) is 5.58. The standard InChI is InChI=1S/C24H25NO3/c1-28-23-14-17(11-12-22(23)26)15-25-13-5-8-19(16-25)24(27)21-10-4-7-18-6-2-3-9-20(18)21/h2-4,6-7,9-12,14,19,26H,5,8,13,15-16H2,1H3/t19-/m1/s1. The SMILES string of the molecule is COc1cc(CN2CCC[C@@H](C(=O)c3cccc4ccccc34)C2)ccc1O. The quantitative estimate of drug-likeness (QED) is 0.660. The highest BCUT2D eigenvalue weighted by Crippen LogP contribution is 2.29. The molecule has 1 heterocycles. The van der Waals surface area contributed by atoms with Gasteiger partial charge in [-0.2, -0.15) is 0 Å². The first-order valence-corrected chi connectivity index (χ1v) is 9.76. The Morgan fingerprint density at radius 3 is 2.82 bits per heavy atom. The molecule has 144 valence electrons. The number of carbonyl (C=O) groups is 1. The molecule has 4 heteroatoms. The first-order chi connectivity index (χ1) is 13.7. The van der Waals surface area contributed by atoms with Crippen LogP contribution in [-0.4, -0.2) is 36.0 Å². The van der Waals surface area contributed by atoms with Crippen LogP contribution >= 0.6 is 0 Å². The zero-order valence-corrected chi connectivity index (χ0v) is 16.1. The van der Waals surface area contributed by atoms with Gasteiger partial charge in [0.15, 0.2) is 17.3 Å². The average molecular weight is 375 g/mol. The normalized spacial score (nSPS) is 17.5. The van der Waals surface area contributed by atoms with Crippen LogP contribution in [0, 0.1) is 5.92 Å². The van der Waals surface area contributed by atoms with E-state index in [1.165, 1.54) is 0 Å². The van der Waals surface area contributed by atoms with Gasteiger partial charge in [-0.15, -0.1) is 0 Å². The van der Waals surface area contributed by atoms with E-state index >= 15 is 0 Å². The number of hydrogen-bond acceptors (Lipinski definition) is 4. The number of Topliss-reactive ketones (excluding diaryl/α,β-unsaturated/α-hetero) is 1. The maximum Gasteiger partial charge on any atom is 0.167 e. The van der Waals surface area contributed by atoms with Gasteiger partial charge in [0, 0.05) is 24.6 Å². The van der Waals surface area contributed by atoms with E-state index in [4.69, 9.17) is 4.74 Å². The fraction of sp³-hybridized carbons (Fsp3) is 0.292. The fourth-order valence-corrected chi connectivity index (χ4v) is 4.15. The Hall–Kier alpha value is -2.85. The van der Waals surface area contributed by atoms with Crippen molar-refractivity contribution in [2.45, 2.75) is 19.4 Å². The first-order valence-electron chi connectivity index (χ1n) is 9.76. The van der Waals surface area contributed by atoms with E-state index in [2.05, 4.69) is 17.0 Å². The van der Waals surface area contributed by atoms with E-state index in [0.717, 1.165) is 54.4 Å². The number of hydrogen-bond donors (Lipinski definition) is 1. The summed E-state index contributed by atoms with van der Waals surface area (Å²) in [5.41, 5.74) is 1.91. The van der Waals surface area contributed by atoms with Crippen LogP contribution in [0.5, 0.6) is 11.5 Å². The molecule has 1 N–H and O–H groups in total. The highest BCUT2D eigenvalue weighted by Gasteiger charge is 2.27. The second-order valence-corrected chi connectivity index (χ2v) is 7.47. The topological polar surface area (TPSA) is 49.8 Å². The molecule has 1 fully saturated rings. The Bertz CT molecular complexity index is 993. The molecular formula is C24H25NO3. The smallest absolute Gasteiger partial charge is 0.167 e. The molecule has 0 bridgehead atoms. The van der Waals surface area contributed by atoms with Crippen molar-refractivity contribution in [2.75, 3.05) is 20.2 Å². The van der Waals surface area contributed by atoms with Gasteiger partial charge < -0.3 is 9.84 Å². The number of ether oxygens (including phenoxy) is 1. The molecule has 1 aliphatic heterocycles. The number of piperidine rings is 1. The van der Waals surface area contributed by atoms with E-state index < -0.39 is 0 Å². The predicted octanol–water partition coefficient (Wildman–Crippen LogP) is 4.65. The number of phenolic OH excluding ortho intramolecular Hbond substituents is 1. The largest absolute Gasteiger partial charge is 0.504 e. The molecule has 1 saturated heterocycles. The van der Waals surface area contributed by atoms with Gasteiger partial charge in [-0.1, -0.05) is 48.5 Å². The molecule has 0 amide bonds. The molecule has 4 nitrogen and oxygen atoms in total. The Morgan fingerprint density at radius 2 is 1.96 bits per heavy atom. The summed E-state index contributed by atoms with van der Waals surface area (Å²) in [6.45, 7) is 2.48. The number of nitrogens with zero attached hydrogens (tertiary/aromatic N) is 1. The Morgan fingerprint density at radius 1 is 1.14 bits per heavy atom. The summed E-state index contributed by atoms with van der Waals surface area (Å²) in [5.74, 6) is 0.884. The number of rotatable bonds is 5. The number of ketones is 1. The van der Waals surface area contributed by atoms with Crippen LogP contribution in [0.25, 0.3) is 10.8 Å². The molecule has 3 aromatic carbocycles. The highest BCUT2D eigenvalue weighted by molar-refractivity contribution is 6.09. The summed E-state index contributed by atoms with van der Waals surface area (Å²) in [5, 5.41) is 11.9. The van der Waals surface area contributed by atoms with Gasteiger partial charge in [-0.3, -0.25) is 9.69 Å². The summed E-state index contributed by atoms with van der Waals surface area (Å²) in [6, 6.07) is 19.5. The van der Waals surface area contributed by atoms with Crippen LogP contribution in [0.1, 0.15) is 28.8 Å². The fourth-order valence-electron chi connectivity index (χ4n) is 4.15. The molecule has 0 saturated carbocycles. The number of methoxy groups -OCH3 is 1. The summed E-state index contributed by atoms with van der Waals surface area (Å²) in [7, 11) is 1.55. The Labute approximate surface area is 165 Å². The van der Waals surface area contributed by atoms with Gasteiger partial charge in [0.25, 0.3) is 0 Å². The number of benzene rings is 3. The van der Waals surface area contributed by atoms with Crippen molar-refractivity contribution in [3.8, 4) is 11.5 Å². The molecule has 1 aliphatic rings. The number of phenols is 1. The van der Waals surface area contributed by atoms with E-state index in [1.54, 1.807) is 13.2 Å². The number of fused-ring (bicyclic) bond motifs is 1. The van der Waals surface area contributed by atoms with Crippen molar-refractivity contribution in [1.29, 1.82) is 0 Å². The van der Waals surface area contributed by atoms with Gasteiger partial charge in [0.2, 0.25) is 0 Å². The van der Waals surface area contributed by atoms with Crippen LogP contribution in [0.15, 0.2) is 60.7 Å². The molecule has 0 aliphatic carbocycles. The van der Waals surface area contributed by atoms with E-state index in [0.29, 0.717) is 5.75 Å². The van der Waals surface area contributed by atoms with Crippen molar-refractivity contribution in [2.24, 2.45) is 5.92 Å². The van der Waals surface area contributed by atoms with Crippen molar-refractivity contribution >= 4 is 16.6 Å². The molecular weight excluding hydrogens is 350 g/mol. The Balaban J connectivity index is 1.51. The van der Waals surface area contributed by atoms with E-state index in [-0.39, 0.29) is 17.5 Å². The summed E-state index contributed by atoms with van der Waals surface area (Å²) in [4.78, 5) is 15.6. The van der Waals surface area contributed by atoms with Crippen LogP contribution in [0.3, 0.4) is 0 Å². The summed E-state index contributed by atoms with van der Waals surface area (Å²) in [6.07, 6.45) is 1.94. The lowest BCUT2D eigenvalue weighted by atomic mass is 9.88. The maximum absolute atomic E-state index is 13.3. The third kappa shape index (κ3) is 3.73.